The highest BCUT2D eigenvalue weighted by Crippen LogP contribution is 2.09. The molecule has 8 nitrogen and oxygen atoms in total. The third kappa shape index (κ3) is 6.69. The highest BCUT2D eigenvalue weighted by atomic mass is 16.2. The molecular formula is C19H21N5O3. The number of amides is 3. The molecule has 27 heavy (non-hydrogen) atoms. The monoisotopic (exact) mass is 367 g/mol. The third-order valence-electron chi connectivity index (χ3n) is 3.52. The zero-order valence-electron chi connectivity index (χ0n) is 15.2. The molecule has 0 fully saturated rings. The molecule has 2 aromatic rings. The van der Waals surface area contributed by atoms with Gasteiger partial charge in [-0.3, -0.25) is 14.4 Å². The minimum Gasteiger partial charge on any atom is -0.318 e. The molecule has 0 unspecified atom stereocenters. The summed E-state index contributed by atoms with van der Waals surface area (Å²) in [5, 5.41) is 8.86. The molecular weight excluding hydrogens is 346 g/mol. The zero-order valence-corrected chi connectivity index (χ0v) is 15.2. The largest absolute Gasteiger partial charge is 0.329 e. The molecule has 0 bridgehead atoms. The molecule has 3 amide bonds. The fourth-order valence-corrected chi connectivity index (χ4v) is 2.10. The number of hydrogen-bond acceptors (Lipinski definition) is 5. The van der Waals surface area contributed by atoms with Crippen LogP contribution < -0.4 is 16.1 Å². The van der Waals surface area contributed by atoms with Gasteiger partial charge in [-0.1, -0.05) is 25.1 Å². The Hall–Kier alpha value is -3.55. The first-order chi connectivity index (χ1) is 13.0. The average molecular weight is 367 g/mol. The van der Waals surface area contributed by atoms with Crippen molar-refractivity contribution in [2.45, 2.75) is 26.7 Å². The fourth-order valence-electron chi connectivity index (χ4n) is 2.10. The van der Waals surface area contributed by atoms with Crippen molar-refractivity contribution >= 4 is 34.9 Å². The van der Waals surface area contributed by atoms with Gasteiger partial charge >= 0.3 is 11.8 Å². The minimum atomic E-state index is -0.918. The lowest BCUT2D eigenvalue weighted by Gasteiger charge is -2.06. The summed E-state index contributed by atoms with van der Waals surface area (Å²) in [4.78, 5) is 39.5. The Morgan fingerprint density at radius 3 is 2.37 bits per heavy atom. The van der Waals surface area contributed by atoms with E-state index in [0.717, 1.165) is 12.0 Å². The van der Waals surface area contributed by atoms with Gasteiger partial charge in [0, 0.05) is 17.6 Å². The van der Waals surface area contributed by atoms with Gasteiger partial charge in [-0.25, -0.2) is 10.4 Å². The average Bonchev–Trinajstić information content (AvgIpc) is 2.67. The SMILES string of the molecule is CCc1ccc(NC(=O)C(=O)N/N=C(/C)CC(=O)Nc2ccccn2)cc1. The summed E-state index contributed by atoms with van der Waals surface area (Å²) in [5.41, 5.74) is 4.12. The molecule has 0 saturated carbocycles. The van der Waals surface area contributed by atoms with Crippen LogP contribution in [0.25, 0.3) is 0 Å². The molecule has 0 aliphatic heterocycles. The number of carbonyl (C=O) groups excluding carboxylic acids is 3. The van der Waals surface area contributed by atoms with Crippen molar-refractivity contribution in [3.05, 3.63) is 54.2 Å². The van der Waals surface area contributed by atoms with Gasteiger partial charge < -0.3 is 10.6 Å². The number of rotatable bonds is 6. The number of benzene rings is 1. The number of nitrogens with zero attached hydrogens (tertiary/aromatic N) is 2. The number of carbonyl (C=O) groups is 3. The van der Waals surface area contributed by atoms with Crippen LogP contribution in [0.5, 0.6) is 0 Å². The Morgan fingerprint density at radius 2 is 1.74 bits per heavy atom. The van der Waals surface area contributed by atoms with Crippen LogP contribution in [-0.4, -0.2) is 28.4 Å². The van der Waals surface area contributed by atoms with E-state index in [1.165, 1.54) is 0 Å². The van der Waals surface area contributed by atoms with Crippen LogP contribution in [-0.2, 0) is 20.8 Å². The van der Waals surface area contributed by atoms with E-state index in [-0.39, 0.29) is 12.3 Å². The molecule has 0 aliphatic rings. The quantitative estimate of drug-likeness (QED) is 0.412. The molecule has 3 N–H and O–H groups in total. The van der Waals surface area contributed by atoms with Crippen LogP contribution in [0.1, 0.15) is 25.8 Å². The minimum absolute atomic E-state index is 0.0447. The van der Waals surface area contributed by atoms with Gasteiger partial charge in [-0.2, -0.15) is 5.10 Å². The van der Waals surface area contributed by atoms with Crippen LogP contribution in [0.2, 0.25) is 0 Å². The Balaban J connectivity index is 1.81. The van der Waals surface area contributed by atoms with Crippen molar-refractivity contribution in [3.8, 4) is 0 Å². The van der Waals surface area contributed by atoms with Crippen molar-refractivity contribution in [2.75, 3.05) is 10.6 Å². The zero-order chi connectivity index (χ0) is 19.6. The predicted molar refractivity (Wildman–Crippen MR) is 103 cm³/mol. The maximum atomic E-state index is 11.9. The van der Waals surface area contributed by atoms with E-state index in [9.17, 15) is 14.4 Å². The Bertz CT molecular complexity index is 832. The highest BCUT2D eigenvalue weighted by Gasteiger charge is 2.13. The van der Waals surface area contributed by atoms with Gasteiger partial charge in [0.25, 0.3) is 0 Å². The number of aryl methyl sites for hydroxylation is 1. The molecule has 0 spiro atoms. The van der Waals surface area contributed by atoms with Crippen LogP contribution in [0.3, 0.4) is 0 Å². The second-order valence-corrected chi connectivity index (χ2v) is 5.73. The topological polar surface area (TPSA) is 113 Å². The van der Waals surface area contributed by atoms with Gasteiger partial charge in [-0.05, 0) is 43.2 Å². The van der Waals surface area contributed by atoms with Crippen LogP contribution in [0, 0.1) is 0 Å². The van der Waals surface area contributed by atoms with Gasteiger partial charge in [0.05, 0.1) is 6.42 Å². The molecule has 0 aliphatic carbocycles. The van der Waals surface area contributed by atoms with Crippen LogP contribution in [0.4, 0.5) is 11.5 Å². The van der Waals surface area contributed by atoms with Crippen molar-refractivity contribution in [1.82, 2.24) is 10.4 Å². The summed E-state index contributed by atoms with van der Waals surface area (Å²) >= 11 is 0. The number of hydrazone groups is 1. The smallest absolute Gasteiger partial charge is 0.318 e. The third-order valence-corrected chi connectivity index (χ3v) is 3.52. The first-order valence-electron chi connectivity index (χ1n) is 8.42. The Morgan fingerprint density at radius 1 is 1.00 bits per heavy atom. The van der Waals surface area contributed by atoms with Gasteiger partial charge in [0.2, 0.25) is 5.91 Å². The highest BCUT2D eigenvalue weighted by molar-refractivity contribution is 6.39. The molecule has 0 saturated heterocycles. The maximum absolute atomic E-state index is 11.9. The molecule has 1 aromatic heterocycles. The van der Waals surface area contributed by atoms with E-state index in [0.29, 0.717) is 17.2 Å². The summed E-state index contributed by atoms with van der Waals surface area (Å²) < 4.78 is 0. The first kappa shape index (κ1) is 19.8. The standard InChI is InChI=1S/C19H21N5O3/c1-3-14-7-9-15(10-8-14)21-18(26)19(27)24-23-13(2)12-17(25)22-16-6-4-5-11-20-16/h4-11H,3,12H2,1-2H3,(H,21,26)(H,24,27)(H,20,22,25)/b23-13-. The second kappa shape index (κ2) is 9.81. The molecule has 1 aromatic carbocycles. The van der Waals surface area contributed by atoms with E-state index in [2.05, 4.69) is 26.1 Å². The lowest BCUT2D eigenvalue weighted by Crippen LogP contribution is -2.33. The molecule has 8 heteroatoms. The predicted octanol–water partition coefficient (Wildman–Crippen LogP) is 2.10. The van der Waals surface area contributed by atoms with Crippen molar-refractivity contribution in [3.63, 3.8) is 0 Å². The number of hydrogen-bond donors (Lipinski definition) is 3. The van der Waals surface area contributed by atoms with Gasteiger partial charge in [-0.15, -0.1) is 0 Å². The summed E-state index contributed by atoms with van der Waals surface area (Å²) in [7, 11) is 0. The van der Waals surface area contributed by atoms with E-state index < -0.39 is 11.8 Å². The number of nitrogens with one attached hydrogen (secondary N) is 3. The van der Waals surface area contributed by atoms with Crippen LogP contribution in [0.15, 0.2) is 53.8 Å². The normalized spacial score (nSPS) is 10.8. The van der Waals surface area contributed by atoms with Gasteiger partial charge in [0.15, 0.2) is 0 Å². The van der Waals surface area contributed by atoms with Crippen LogP contribution >= 0.6 is 0 Å². The Kier molecular flexibility index (Phi) is 7.18. The van der Waals surface area contributed by atoms with E-state index in [4.69, 9.17) is 0 Å². The number of anilines is 2. The van der Waals surface area contributed by atoms with E-state index >= 15 is 0 Å². The molecule has 140 valence electrons. The fraction of sp³-hybridized carbons (Fsp3) is 0.211. The maximum Gasteiger partial charge on any atom is 0.329 e. The first-order valence-corrected chi connectivity index (χ1v) is 8.42. The molecule has 1 heterocycles. The summed E-state index contributed by atoms with van der Waals surface area (Å²) in [6, 6.07) is 12.3. The summed E-state index contributed by atoms with van der Waals surface area (Å²) in [6.45, 7) is 3.59. The lowest BCUT2D eigenvalue weighted by molar-refractivity contribution is -0.136. The number of pyridine rings is 1. The van der Waals surface area contributed by atoms with Crippen molar-refractivity contribution < 1.29 is 14.4 Å². The molecule has 0 radical (unpaired) electrons. The summed E-state index contributed by atoms with van der Waals surface area (Å²) in [5.74, 6) is -1.66. The lowest BCUT2D eigenvalue weighted by atomic mass is 10.1. The van der Waals surface area contributed by atoms with Crippen molar-refractivity contribution in [1.29, 1.82) is 0 Å². The van der Waals surface area contributed by atoms with E-state index in [1.54, 1.807) is 43.5 Å². The van der Waals surface area contributed by atoms with E-state index in [1.807, 2.05) is 19.1 Å². The summed E-state index contributed by atoms with van der Waals surface area (Å²) in [6.07, 6.45) is 2.40. The molecule has 0 atom stereocenters. The number of aromatic nitrogens is 1. The second-order valence-electron chi connectivity index (χ2n) is 5.73. The van der Waals surface area contributed by atoms with Gasteiger partial charge in [0.1, 0.15) is 5.82 Å². The molecule has 2 rings (SSSR count). The van der Waals surface area contributed by atoms with Crippen molar-refractivity contribution in [2.24, 2.45) is 5.10 Å². The Labute approximate surface area is 157 Å².